The maximum absolute atomic E-state index is 13.1. The number of ether oxygens (including phenoxy) is 1. The van der Waals surface area contributed by atoms with Gasteiger partial charge in [0.25, 0.3) is 5.91 Å². The largest absolute Gasteiger partial charge is 0.497 e. The summed E-state index contributed by atoms with van der Waals surface area (Å²) in [6.07, 6.45) is 6.74. The van der Waals surface area contributed by atoms with Crippen LogP contribution in [0.25, 0.3) is 0 Å². The van der Waals surface area contributed by atoms with Crippen LogP contribution in [0.1, 0.15) is 18.0 Å². The Labute approximate surface area is 184 Å². The molecular formula is C23H29N3O4S. The molecule has 166 valence electrons. The summed E-state index contributed by atoms with van der Waals surface area (Å²) in [5.41, 5.74) is 1.28. The summed E-state index contributed by atoms with van der Waals surface area (Å²) in [7, 11) is 0.705. The molecule has 0 radical (unpaired) electrons. The van der Waals surface area contributed by atoms with Crippen molar-refractivity contribution < 1.29 is 19.1 Å². The van der Waals surface area contributed by atoms with E-state index < -0.39 is 22.0 Å². The fraction of sp³-hybridized carbons (Fsp3) is 0.348. The van der Waals surface area contributed by atoms with E-state index in [9.17, 15) is 14.4 Å². The zero-order chi connectivity index (χ0) is 22.6. The molecule has 1 saturated heterocycles. The van der Waals surface area contributed by atoms with Crippen LogP contribution < -0.4 is 20.7 Å². The lowest BCUT2D eigenvalue weighted by Gasteiger charge is -2.26. The van der Waals surface area contributed by atoms with Gasteiger partial charge in [0.2, 0.25) is 11.8 Å². The van der Waals surface area contributed by atoms with E-state index in [0.29, 0.717) is 17.0 Å². The van der Waals surface area contributed by atoms with Crippen molar-refractivity contribution in [2.75, 3.05) is 37.7 Å². The van der Waals surface area contributed by atoms with E-state index in [1.807, 2.05) is 24.3 Å². The molecule has 1 fully saturated rings. The maximum Gasteiger partial charge on any atom is 0.251 e. The third-order valence-corrected chi connectivity index (χ3v) is 6.86. The topological polar surface area (TPSA) is 96.5 Å². The minimum Gasteiger partial charge on any atom is -0.497 e. The van der Waals surface area contributed by atoms with E-state index >= 15 is 0 Å². The molecular weight excluding hydrogens is 414 g/mol. The van der Waals surface area contributed by atoms with E-state index in [1.54, 1.807) is 31.4 Å². The number of benzene rings is 2. The summed E-state index contributed by atoms with van der Waals surface area (Å²) in [6.45, 7) is 0.276. The van der Waals surface area contributed by atoms with Gasteiger partial charge >= 0.3 is 0 Å². The lowest BCUT2D eigenvalue weighted by molar-refractivity contribution is -0.129. The smallest absolute Gasteiger partial charge is 0.251 e. The van der Waals surface area contributed by atoms with E-state index in [1.165, 1.54) is 4.90 Å². The first kappa shape index (κ1) is 22.7. The molecule has 0 aromatic heterocycles. The second-order valence-electron chi connectivity index (χ2n) is 8.27. The molecule has 3 rings (SSSR count). The lowest BCUT2D eigenvalue weighted by Crippen LogP contribution is -2.40. The summed E-state index contributed by atoms with van der Waals surface area (Å²) < 4.78 is 5.19. The first-order valence-corrected chi connectivity index (χ1v) is 12.8. The van der Waals surface area contributed by atoms with Gasteiger partial charge < -0.3 is 20.7 Å². The van der Waals surface area contributed by atoms with Crippen LogP contribution >= 0.6 is 10.0 Å². The highest BCUT2D eigenvalue weighted by Crippen LogP contribution is 2.45. The number of hydrogen-bond donors (Lipinski definition) is 3. The summed E-state index contributed by atoms with van der Waals surface area (Å²) in [6, 6.07) is 13.8. The maximum atomic E-state index is 13.1. The number of amides is 3. The average Bonchev–Trinajstić information content (AvgIpc) is 3.18. The molecule has 1 heterocycles. The molecule has 2 aromatic rings. The lowest BCUT2D eigenvalue weighted by atomic mass is 10.0. The first-order valence-electron chi connectivity index (χ1n) is 9.97. The number of rotatable bonds is 7. The average molecular weight is 444 g/mol. The van der Waals surface area contributed by atoms with Gasteiger partial charge in [0.05, 0.1) is 13.0 Å². The Morgan fingerprint density at radius 3 is 2.23 bits per heavy atom. The van der Waals surface area contributed by atoms with Gasteiger partial charge in [-0.15, -0.1) is 0 Å². The highest BCUT2D eigenvalue weighted by atomic mass is 32.3. The molecule has 0 saturated carbocycles. The highest BCUT2D eigenvalue weighted by Gasteiger charge is 2.31. The number of anilines is 1. The number of carbonyl (C=O) groups is 3. The standard InChI is InChI=1S/C23H29N3O4S/c1-30-18-9-5-15(6-10-18)21(26-22(28)16-13-20(27)24-14-16)23(29)25-17-7-11-19(12-8-17)31(2,3)4/h5-12,16,21H,13-14H2,1-4H3,(H,24,27)(H,25,29)(H,26,28). The molecule has 3 N–H and O–H groups in total. The third kappa shape index (κ3) is 5.79. The predicted molar refractivity (Wildman–Crippen MR) is 124 cm³/mol. The molecule has 7 nitrogen and oxygen atoms in total. The van der Waals surface area contributed by atoms with Gasteiger partial charge in [-0.2, -0.15) is 0 Å². The van der Waals surface area contributed by atoms with Crippen LogP contribution in [0.15, 0.2) is 53.4 Å². The molecule has 0 spiro atoms. The molecule has 3 amide bonds. The Bertz CT molecular complexity index is 952. The molecule has 1 aliphatic heterocycles. The Kier molecular flexibility index (Phi) is 6.90. The summed E-state index contributed by atoms with van der Waals surface area (Å²) >= 11 is 0. The number of methoxy groups -OCH3 is 1. The van der Waals surface area contributed by atoms with Crippen molar-refractivity contribution in [3.05, 3.63) is 54.1 Å². The van der Waals surface area contributed by atoms with Crippen LogP contribution in [0.2, 0.25) is 0 Å². The van der Waals surface area contributed by atoms with Crippen LogP contribution in [0.3, 0.4) is 0 Å². The van der Waals surface area contributed by atoms with E-state index in [2.05, 4.69) is 34.7 Å². The predicted octanol–water partition coefficient (Wildman–Crippen LogP) is 2.68. The van der Waals surface area contributed by atoms with E-state index in [-0.39, 0.29) is 30.7 Å². The van der Waals surface area contributed by atoms with Crippen molar-refractivity contribution in [2.24, 2.45) is 5.92 Å². The van der Waals surface area contributed by atoms with Crippen LogP contribution in [0.4, 0.5) is 5.69 Å². The quantitative estimate of drug-likeness (QED) is 0.613. The van der Waals surface area contributed by atoms with Gasteiger partial charge in [-0.25, -0.2) is 10.0 Å². The number of hydrogen-bond acceptors (Lipinski definition) is 4. The Morgan fingerprint density at radius 1 is 1.06 bits per heavy atom. The van der Waals surface area contributed by atoms with Gasteiger partial charge in [0.15, 0.2) is 0 Å². The van der Waals surface area contributed by atoms with Crippen LogP contribution in [-0.4, -0.2) is 50.1 Å². The summed E-state index contributed by atoms with van der Waals surface area (Å²) in [4.78, 5) is 38.5. The SMILES string of the molecule is COc1ccc(C(NC(=O)C2CNC(=O)C2)C(=O)Nc2ccc(S(C)(C)C)cc2)cc1. The van der Waals surface area contributed by atoms with Crippen LogP contribution in [0, 0.1) is 5.92 Å². The molecule has 1 aliphatic rings. The van der Waals surface area contributed by atoms with Crippen molar-refractivity contribution in [3.63, 3.8) is 0 Å². The Morgan fingerprint density at radius 2 is 1.71 bits per heavy atom. The monoisotopic (exact) mass is 443 g/mol. The number of nitrogens with one attached hydrogen (secondary N) is 3. The molecule has 2 unspecified atom stereocenters. The fourth-order valence-electron chi connectivity index (χ4n) is 3.31. The summed E-state index contributed by atoms with van der Waals surface area (Å²) in [5.74, 6) is -0.686. The van der Waals surface area contributed by atoms with Crippen LogP contribution in [0.5, 0.6) is 5.75 Å². The number of carbonyl (C=O) groups excluding carboxylic acids is 3. The minimum absolute atomic E-state index is 0.124. The van der Waals surface area contributed by atoms with Gasteiger partial charge in [0.1, 0.15) is 11.8 Å². The van der Waals surface area contributed by atoms with Crippen molar-refractivity contribution in [1.29, 1.82) is 0 Å². The Hall–Kier alpha value is -3.00. The molecule has 0 bridgehead atoms. The van der Waals surface area contributed by atoms with Gasteiger partial charge in [0, 0.05) is 18.7 Å². The molecule has 2 aromatic carbocycles. The van der Waals surface area contributed by atoms with Crippen molar-refractivity contribution in [3.8, 4) is 5.75 Å². The van der Waals surface area contributed by atoms with Gasteiger partial charge in [-0.05, 0) is 65.6 Å². The van der Waals surface area contributed by atoms with Crippen molar-refractivity contribution in [2.45, 2.75) is 17.4 Å². The highest BCUT2D eigenvalue weighted by molar-refractivity contribution is 8.32. The zero-order valence-electron chi connectivity index (χ0n) is 18.2. The molecule has 2 atom stereocenters. The second-order valence-corrected chi connectivity index (χ2v) is 12.4. The van der Waals surface area contributed by atoms with Crippen molar-refractivity contribution >= 4 is 33.4 Å². The fourth-order valence-corrected chi connectivity index (χ4v) is 4.26. The molecule has 8 heteroatoms. The van der Waals surface area contributed by atoms with Gasteiger partial charge in [-0.3, -0.25) is 14.4 Å². The Balaban J connectivity index is 1.79. The summed E-state index contributed by atoms with van der Waals surface area (Å²) in [5, 5.41) is 8.35. The molecule has 0 aliphatic carbocycles. The van der Waals surface area contributed by atoms with Crippen LogP contribution in [-0.2, 0) is 14.4 Å². The minimum atomic E-state index is -0.901. The second kappa shape index (κ2) is 9.43. The first-order chi connectivity index (χ1) is 14.7. The third-order valence-electron chi connectivity index (χ3n) is 5.18. The van der Waals surface area contributed by atoms with Gasteiger partial charge in [-0.1, -0.05) is 12.1 Å². The van der Waals surface area contributed by atoms with E-state index in [0.717, 1.165) is 0 Å². The molecule has 31 heavy (non-hydrogen) atoms. The van der Waals surface area contributed by atoms with E-state index in [4.69, 9.17) is 4.74 Å². The van der Waals surface area contributed by atoms with Crippen molar-refractivity contribution in [1.82, 2.24) is 10.6 Å². The zero-order valence-corrected chi connectivity index (χ0v) is 19.0. The normalized spacial score (nSPS) is 17.4.